The number of benzene rings is 2. The molecule has 0 spiro atoms. The average Bonchev–Trinajstić information content (AvgIpc) is 3.12. The van der Waals surface area contributed by atoms with Gasteiger partial charge < -0.3 is 5.32 Å². The highest BCUT2D eigenvalue weighted by molar-refractivity contribution is 6.35. The Bertz CT molecular complexity index is 861. The summed E-state index contributed by atoms with van der Waals surface area (Å²) in [6.07, 6.45) is 7.30. The van der Waals surface area contributed by atoms with E-state index in [4.69, 9.17) is 34.8 Å². The summed E-state index contributed by atoms with van der Waals surface area (Å²) in [5.41, 5.74) is 2.06. The van der Waals surface area contributed by atoms with Crippen molar-refractivity contribution < 1.29 is 0 Å². The summed E-state index contributed by atoms with van der Waals surface area (Å²) in [6, 6.07) is 13.2. The molecule has 1 N–H and O–H groups in total. The largest absolute Gasteiger partial charge is 0.305 e. The average molecular weight is 408 g/mol. The van der Waals surface area contributed by atoms with Crippen LogP contribution in [-0.4, -0.2) is 21.3 Å². The fourth-order valence-corrected chi connectivity index (χ4v) is 3.22. The van der Waals surface area contributed by atoms with Crippen LogP contribution >= 0.6 is 34.8 Å². The lowest BCUT2D eigenvalue weighted by molar-refractivity contribution is 0.455. The molecule has 0 radical (unpaired) electrons. The monoisotopic (exact) mass is 406 g/mol. The quantitative estimate of drug-likeness (QED) is 0.579. The van der Waals surface area contributed by atoms with Gasteiger partial charge in [-0.1, -0.05) is 65.2 Å². The molecular formula is C19H17Cl3N4. The molecule has 0 saturated heterocycles. The number of nitrogens with zero attached hydrogens (tertiary/aromatic N) is 3. The molecule has 0 aliphatic carbocycles. The molecule has 1 unspecified atom stereocenters. The first-order valence-corrected chi connectivity index (χ1v) is 9.18. The Morgan fingerprint density at radius 2 is 1.81 bits per heavy atom. The molecule has 134 valence electrons. The third-order valence-electron chi connectivity index (χ3n) is 3.84. The van der Waals surface area contributed by atoms with Gasteiger partial charge in [0.25, 0.3) is 0 Å². The first-order chi connectivity index (χ1) is 12.6. The van der Waals surface area contributed by atoms with Crippen molar-refractivity contribution in [2.45, 2.75) is 12.6 Å². The topological polar surface area (TPSA) is 42.7 Å². The lowest BCUT2D eigenvalue weighted by atomic mass is 10.1. The van der Waals surface area contributed by atoms with E-state index in [0.717, 1.165) is 16.1 Å². The Morgan fingerprint density at radius 3 is 2.50 bits per heavy atom. The normalized spacial score (nSPS) is 12.6. The second kappa shape index (κ2) is 9.19. The van der Waals surface area contributed by atoms with Crippen molar-refractivity contribution in [1.29, 1.82) is 0 Å². The Kier molecular flexibility index (Phi) is 6.69. The van der Waals surface area contributed by atoms with Crippen molar-refractivity contribution in [2.75, 3.05) is 6.54 Å². The molecule has 0 fully saturated rings. The zero-order chi connectivity index (χ0) is 18.4. The summed E-state index contributed by atoms with van der Waals surface area (Å²) in [5, 5.41) is 9.63. The van der Waals surface area contributed by atoms with E-state index in [0.29, 0.717) is 23.1 Å². The standard InChI is InChI=1S/C19H17Cl3N4/c20-15-5-3-14(4-6-15)2-1-9-24-19(11-26-13-23-12-25-26)17-8-7-16(21)10-18(17)22/h1-8,10,12-13,19,24H,9,11H2. The number of aromatic nitrogens is 3. The second-order valence-electron chi connectivity index (χ2n) is 5.70. The summed E-state index contributed by atoms with van der Waals surface area (Å²) >= 11 is 18.3. The number of halogens is 3. The van der Waals surface area contributed by atoms with Crippen molar-refractivity contribution in [2.24, 2.45) is 0 Å². The van der Waals surface area contributed by atoms with Gasteiger partial charge >= 0.3 is 0 Å². The Hall–Kier alpha value is -1.85. The summed E-state index contributed by atoms with van der Waals surface area (Å²) in [6.45, 7) is 1.27. The van der Waals surface area contributed by atoms with Crippen molar-refractivity contribution in [1.82, 2.24) is 20.1 Å². The van der Waals surface area contributed by atoms with Crippen molar-refractivity contribution in [3.8, 4) is 0 Å². The van der Waals surface area contributed by atoms with E-state index in [2.05, 4.69) is 21.5 Å². The molecule has 0 bridgehead atoms. The van der Waals surface area contributed by atoms with Gasteiger partial charge in [-0.3, -0.25) is 4.68 Å². The van der Waals surface area contributed by atoms with Gasteiger partial charge in [0.15, 0.2) is 0 Å². The van der Waals surface area contributed by atoms with Crippen LogP contribution in [0.2, 0.25) is 15.1 Å². The maximum atomic E-state index is 6.39. The third-order valence-corrected chi connectivity index (χ3v) is 4.65. The zero-order valence-electron chi connectivity index (χ0n) is 13.8. The number of nitrogens with one attached hydrogen (secondary N) is 1. The minimum Gasteiger partial charge on any atom is -0.305 e. The minimum atomic E-state index is -0.0312. The summed E-state index contributed by atoms with van der Waals surface area (Å²) in [5.74, 6) is 0. The Balaban J connectivity index is 1.70. The van der Waals surface area contributed by atoms with Gasteiger partial charge in [-0.15, -0.1) is 0 Å². The summed E-state index contributed by atoms with van der Waals surface area (Å²) in [7, 11) is 0. The molecule has 26 heavy (non-hydrogen) atoms. The molecule has 3 aromatic rings. The molecular weight excluding hydrogens is 391 g/mol. The molecule has 2 aromatic carbocycles. The van der Waals surface area contributed by atoms with Gasteiger partial charge in [0.2, 0.25) is 0 Å². The highest BCUT2D eigenvalue weighted by Gasteiger charge is 2.15. The van der Waals surface area contributed by atoms with E-state index in [-0.39, 0.29) is 6.04 Å². The molecule has 3 rings (SSSR count). The minimum absolute atomic E-state index is 0.0312. The first kappa shape index (κ1) is 18.9. The van der Waals surface area contributed by atoms with Gasteiger partial charge in [0, 0.05) is 21.6 Å². The van der Waals surface area contributed by atoms with E-state index in [1.54, 1.807) is 17.1 Å². The Morgan fingerprint density at radius 1 is 1.04 bits per heavy atom. The van der Waals surface area contributed by atoms with Gasteiger partial charge in [-0.05, 0) is 35.4 Å². The van der Waals surface area contributed by atoms with Crippen LogP contribution in [0.25, 0.3) is 6.08 Å². The molecule has 7 heteroatoms. The van der Waals surface area contributed by atoms with Gasteiger partial charge in [0.1, 0.15) is 12.7 Å². The van der Waals surface area contributed by atoms with Gasteiger partial charge in [0.05, 0.1) is 12.6 Å². The molecule has 1 atom stereocenters. The van der Waals surface area contributed by atoms with Crippen LogP contribution < -0.4 is 5.32 Å². The molecule has 0 aliphatic heterocycles. The molecule has 0 saturated carbocycles. The predicted molar refractivity (Wildman–Crippen MR) is 108 cm³/mol. The highest BCUT2D eigenvalue weighted by atomic mass is 35.5. The van der Waals surface area contributed by atoms with Crippen LogP contribution in [0.15, 0.2) is 61.2 Å². The summed E-state index contributed by atoms with van der Waals surface area (Å²) in [4.78, 5) is 3.99. The van der Waals surface area contributed by atoms with Crippen molar-refractivity contribution in [3.05, 3.63) is 87.4 Å². The van der Waals surface area contributed by atoms with E-state index in [1.165, 1.54) is 6.33 Å². The van der Waals surface area contributed by atoms with Crippen molar-refractivity contribution in [3.63, 3.8) is 0 Å². The van der Waals surface area contributed by atoms with Gasteiger partial charge in [-0.25, -0.2) is 4.98 Å². The van der Waals surface area contributed by atoms with Crippen LogP contribution in [0.1, 0.15) is 17.2 Å². The molecule has 4 nitrogen and oxygen atoms in total. The second-order valence-corrected chi connectivity index (χ2v) is 6.98. The highest BCUT2D eigenvalue weighted by Crippen LogP contribution is 2.27. The van der Waals surface area contributed by atoms with Gasteiger partial charge in [-0.2, -0.15) is 5.10 Å². The molecule has 1 aromatic heterocycles. The van der Waals surface area contributed by atoms with Crippen LogP contribution in [-0.2, 0) is 6.54 Å². The summed E-state index contributed by atoms with van der Waals surface area (Å²) < 4.78 is 1.77. The molecule has 1 heterocycles. The van der Waals surface area contributed by atoms with E-state index in [1.807, 2.05) is 42.5 Å². The van der Waals surface area contributed by atoms with Crippen molar-refractivity contribution >= 4 is 40.9 Å². The lowest BCUT2D eigenvalue weighted by Crippen LogP contribution is -2.26. The predicted octanol–water partition coefficient (Wildman–Crippen LogP) is 5.28. The molecule has 0 aliphatic rings. The number of hydrogen-bond donors (Lipinski definition) is 1. The van der Waals surface area contributed by atoms with E-state index < -0.39 is 0 Å². The zero-order valence-corrected chi connectivity index (χ0v) is 16.1. The van der Waals surface area contributed by atoms with Crippen LogP contribution in [0.3, 0.4) is 0 Å². The number of rotatable bonds is 7. The first-order valence-electron chi connectivity index (χ1n) is 8.04. The van der Waals surface area contributed by atoms with Crippen LogP contribution in [0, 0.1) is 0 Å². The maximum Gasteiger partial charge on any atom is 0.137 e. The fourth-order valence-electron chi connectivity index (χ4n) is 2.55. The number of hydrogen-bond acceptors (Lipinski definition) is 3. The van der Waals surface area contributed by atoms with E-state index in [9.17, 15) is 0 Å². The lowest BCUT2D eigenvalue weighted by Gasteiger charge is -2.19. The third kappa shape index (κ3) is 5.32. The smallest absolute Gasteiger partial charge is 0.137 e. The molecule has 0 amide bonds. The van der Waals surface area contributed by atoms with Crippen LogP contribution in [0.4, 0.5) is 0 Å². The van der Waals surface area contributed by atoms with Crippen LogP contribution in [0.5, 0.6) is 0 Å². The van der Waals surface area contributed by atoms with E-state index >= 15 is 0 Å². The SMILES string of the molecule is Clc1ccc(C=CCNC(Cn2cncn2)c2ccc(Cl)cc2Cl)cc1. The Labute approximate surface area is 167 Å². The fraction of sp³-hybridized carbons (Fsp3) is 0.158. The maximum absolute atomic E-state index is 6.39.